The molecule has 0 aliphatic carbocycles. The van der Waals surface area contributed by atoms with Crippen LogP contribution in [0.2, 0.25) is 0 Å². The van der Waals surface area contributed by atoms with Crippen molar-refractivity contribution in [2.75, 3.05) is 17.4 Å². The van der Waals surface area contributed by atoms with E-state index in [1.54, 1.807) is 0 Å². The molecule has 0 radical (unpaired) electrons. The number of nitrogens with one attached hydrogen (secondary N) is 1. The largest absolute Gasteiger partial charge is 0.317 e. The standard InChI is InChI=1S/C19H24N2O2S/c1-2-20-14-8-12-18-15-16-9-6-7-13-19(16)21(24(18,22)23)17-10-4-3-5-11-17/h3-7,9-11,13,18,20H,2,8,12,14-15H2,1H3. The number of anilines is 2. The molecule has 0 saturated heterocycles. The van der Waals surface area contributed by atoms with Crippen LogP contribution in [-0.2, 0) is 16.4 Å². The molecule has 5 heteroatoms. The third-order valence-electron chi connectivity index (χ3n) is 4.45. The molecule has 1 unspecified atom stereocenters. The van der Waals surface area contributed by atoms with Gasteiger partial charge in [-0.2, -0.15) is 0 Å². The number of hydrogen-bond acceptors (Lipinski definition) is 3. The molecule has 2 aromatic carbocycles. The molecular formula is C19H24N2O2S. The predicted molar refractivity (Wildman–Crippen MR) is 99.2 cm³/mol. The van der Waals surface area contributed by atoms with E-state index in [1.165, 1.54) is 4.31 Å². The maximum atomic E-state index is 13.2. The molecule has 1 N–H and O–H groups in total. The zero-order valence-corrected chi connectivity index (χ0v) is 14.8. The summed E-state index contributed by atoms with van der Waals surface area (Å²) in [5.41, 5.74) is 2.59. The highest BCUT2D eigenvalue weighted by atomic mass is 32.2. The fraction of sp³-hybridized carbons (Fsp3) is 0.368. The number of fused-ring (bicyclic) bond motifs is 1. The van der Waals surface area contributed by atoms with Crippen molar-refractivity contribution in [3.63, 3.8) is 0 Å². The van der Waals surface area contributed by atoms with Gasteiger partial charge in [0, 0.05) is 0 Å². The first-order valence-corrected chi connectivity index (χ1v) is 10.0. The van der Waals surface area contributed by atoms with Gasteiger partial charge in [0.05, 0.1) is 16.6 Å². The van der Waals surface area contributed by atoms with E-state index in [0.717, 1.165) is 30.8 Å². The zero-order valence-electron chi connectivity index (χ0n) is 14.0. The molecular weight excluding hydrogens is 320 g/mol. The molecule has 0 fully saturated rings. The zero-order chi connectivity index (χ0) is 17.0. The van der Waals surface area contributed by atoms with E-state index in [9.17, 15) is 8.42 Å². The lowest BCUT2D eigenvalue weighted by Gasteiger charge is -2.35. The van der Waals surface area contributed by atoms with E-state index in [2.05, 4.69) is 12.2 Å². The number of benzene rings is 2. The summed E-state index contributed by atoms with van der Waals surface area (Å²) in [4.78, 5) is 0. The van der Waals surface area contributed by atoms with Crippen molar-refractivity contribution in [2.45, 2.75) is 31.4 Å². The van der Waals surface area contributed by atoms with Crippen LogP contribution in [0.5, 0.6) is 0 Å². The molecule has 3 rings (SSSR count). The van der Waals surface area contributed by atoms with Crippen molar-refractivity contribution in [1.29, 1.82) is 0 Å². The van der Waals surface area contributed by atoms with Crippen molar-refractivity contribution in [2.24, 2.45) is 0 Å². The van der Waals surface area contributed by atoms with Gasteiger partial charge in [-0.1, -0.05) is 43.3 Å². The average molecular weight is 344 g/mol. The SMILES string of the molecule is CCNCCCC1Cc2ccccc2N(c2ccccc2)S1(=O)=O. The second-order valence-corrected chi connectivity index (χ2v) is 8.16. The van der Waals surface area contributed by atoms with Crippen LogP contribution in [0.1, 0.15) is 25.3 Å². The minimum absolute atomic E-state index is 0.369. The smallest absolute Gasteiger partial charge is 0.242 e. The minimum Gasteiger partial charge on any atom is -0.317 e. The lowest BCUT2D eigenvalue weighted by atomic mass is 10.0. The Bertz CT molecular complexity index is 775. The number of nitrogens with zero attached hydrogens (tertiary/aromatic N) is 1. The monoisotopic (exact) mass is 344 g/mol. The Hall–Kier alpha value is -1.85. The van der Waals surface area contributed by atoms with Crippen LogP contribution in [0.4, 0.5) is 11.4 Å². The van der Waals surface area contributed by atoms with Crippen molar-refractivity contribution >= 4 is 21.4 Å². The lowest BCUT2D eigenvalue weighted by Crippen LogP contribution is -2.41. The van der Waals surface area contributed by atoms with Crippen molar-refractivity contribution in [1.82, 2.24) is 5.32 Å². The molecule has 1 aliphatic rings. The lowest BCUT2D eigenvalue weighted by molar-refractivity contribution is 0.551. The molecule has 0 spiro atoms. The van der Waals surface area contributed by atoms with Gasteiger partial charge in [-0.05, 0) is 56.1 Å². The minimum atomic E-state index is -3.41. The number of para-hydroxylation sites is 2. The number of sulfonamides is 1. The van der Waals surface area contributed by atoms with E-state index >= 15 is 0 Å². The van der Waals surface area contributed by atoms with Gasteiger partial charge < -0.3 is 5.32 Å². The van der Waals surface area contributed by atoms with Gasteiger partial charge in [-0.3, -0.25) is 0 Å². The first-order chi connectivity index (χ1) is 11.6. The summed E-state index contributed by atoms with van der Waals surface area (Å²) in [5.74, 6) is 0. The van der Waals surface area contributed by atoms with E-state index in [-0.39, 0.29) is 5.25 Å². The maximum Gasteiger partial charge on any atom is 0.242 e. The Morgan fingerprint density at radius 3 is 2.54 bits per heavy atom. The van der Waals surface area contributed by atoms with Crippen LogP contribution < -0.4 is 9.62 Å². The fourth-order valence-electron chi connectivity index (χ4n) is 3.25. The van der Waals surface area contributed by atoms with Crippen LogP contribution in [0.15, 0.2) is 54.6 Å². The molecule has 2 aromatic rings. The number of rotatable bonds is 6. The highest BCUT2D eigenvalue weighted by molar-refractivity contribution is 7.93. The van der Waals surface area contributed by atoms with E-state index in [1.807, 2.05) is 54.6 Å². The fourth-order valence-corrected chi connectivity index (χ4v) is 5.27. The molecule has 1 heterocycles. The second kappa shape index (κ2) is 7.36. The van der Waals surface area contributed by atoms with E-state index in [4.69, 9.17) is 0 Å². The molecule has 128 valence electrons. The highest BCUT2D eigenvalue weighted by Crippen LogP contribution is 2.39. The summed E-state index contributed by atoms with van der Waals surface area (Å²) in [6.45, 7) is 3.83. The molecule has 1 aliphatic heterocycles. The molecule has 0 aromatic heterocycles. The van der Waals surface area contributed by atoms with Gasteiger partial charge in [0.2, 0.25) is 10.0 Å². The molecule has 0 saturated carbocycles. The summed E-state index contributed by atoms with van der Waals surface area (Å²) < 4.78 is 28.0. The third kappa shape index (κ3) is 3.32. The van der Waals surface area contributed by atoms with E-state index < -0.39 is 10.0 Å². The maximum absolute atomic E-state index is 13.2. The van der Waals surface area contributed by atoms with Crippen LogP contribution in [-0.4, -0.2) is 26.8 Å². The topological polar surface area (TPSA) is 49.4 Å². The van der Waals surface area contributed by atoms with Crippen LogP contribution in [0.25, 0.3) is 0 Å². The highest BCUT2D eigenvalue weighted by Gasteiger charge is 2.38. The van der Waals surface area contributed by atoms with Gasteiger partial charge in [0.25, 0.3) is 0 Å². The quantitative estimate of drug-likeness (QED) is 0.816. The Balaban J connectivity index is 1.96. The Morgan fingerprint density at radius 2 is 1.79 bits per heavy atom. The molecule has 0 bridgehead atoms. The summed E-state index contributed by atoms with van der Waals surface area (Å²) in [7, 11) is -3.41. The van der Waals surface area contributed by atoms with Gasteiger partial charge in [0.15, 0.2) is 0 Å². The van der Waals surface area contributed by atoms with Gasteiger partial charge >= 0.3 is 0 Å². The third-order valence-corrected chi connectivity index (χ3v) is 6.62. The van der Waals surface area contributed by atoms with Crippen LogP contribution in [0, 0.1) is 0 Å². The van der Waals surface area contributed by atoms with Crippen LogP contribution in [0.3, 0.4) is 0 Å². The van der Waals surface area contributed by atoms with Gasteiger partial charge in [0.1, 0.15) is 0 Å². The summed E-state index contributed by atoms with van der Waals surface area (Å²) in [5, 5.41) is 2.90. The summed E-state index contributed by atoms with van der Waals surface area (Å²) in [6, 6.07) is 17.2. The molecule has 1 atom stereocenters. The van der Waals surface area contributed by atoms with Crippen molar-refractivity contribution < 1.29 is 8.42 Å². The van der Waals surface area contributed by atoms with E-state index in [0.29, 0.717) is 18.5 Å². The Labute approximate surface area is 144 Å². The molecule has 24 heavy (non-hydrogen) atoms. The summed E-state index contributed by atoms with van der Waals surface area (Å²) in [6.07, 6.45) is 2.13. The normalized spacial score (nSPS) is 19.0. The van der Waals surface area contributed by atoms with Crippen molar-refractivity contribution in [3.8, 4) is 0 Å². The van der Waals surface area contributed by atoms with Crippen LogP contribution >= 0.6 is 0 Å². The summed E-state index contributed by atoms with van der Waals surface area (Å²) >= 11 is 0. The number of hydrogen-bond donors (Lipinski definition) is 1. The predicted octanol–water partition coefficient (Wildman–Crippen LogP) is 3.47. The van der Waals surface area contributed by atoms with Gasteiger partial charge in [-0.25, -0.2) is 12.7 Å². The van der Waals surface area contributed by atoms with Crippen molar-refractivity contribution in [3.05, 3.63) is 60.2 Å². The molecule has 0 amide bonds. The van der Waals surface area contributed by atoms with Gasteiger partial charge in [-0.15, -0.1) is 0 Å². The Morgan fingerprint density at radius 1 is 1.08 bits per heavy atom. The average Bonchev–Trinajstić information content (AvgIpc) is 2.59. The second-order valence-electron chi connectivity index (χ2n) is 6.10. The first kappa shape index (κ1) is 17.0. The molecule has 4 nitrogen and oxygen atoms in total. The Kier molecular flexibility index (Phi) is 5.21. The first-order valence-electron chi connectivity index (χ1n) is 8.52.